The minimum atomic E-state index is 0.724. The Morgan fingerprint density at radius 1 is 1.00 bits per heavy atom. The van der Waals surface area contributed by atoms with Gasteiger partial charge in [0.15, 0.2) is 0 Å². The van der Waals surface area contributed by atoms with Gasteiger partial charge in [0.25, 0.3) is 0 Å². The molecule has 0 unspecified atom stereocenters. The molecule has 1 rings (SSSR count). The molecule has 0 bridgehead atoms. The summed E-state index contributed by atoms with van der Waals surface area (Å²) in [6, 6.07) is 9.64. The maximum absolute atomic E-state index is 5.63. The van der Waals surface area contributed by atoms with Crippen LogP contribution < -0.4 is 0 Å². The summed E-state index contributed by atoms with van der Waals surface area (Å²) in [5.74, 6) is 1.45. The van der Waals surface area contributed by atoms with Crippen molar-refractivity contribution in [2.45, 2.75) is 25.7 Å². The van der Waals surface area contributed by atoms with E-state index in [1.165, 1.54) is 11.1 Å². The number of rotatable bonds is 6. The second-order valence-corrected chi connectivity index (χ2v) is 4.06. The molecule has 0 saturated carbocycles. The molecule has 14 heavy (non-hydrogen) atoms. The minimum Gasteiger partial charge on any atom is -0.127 e. The standard InChI is InChI=1S/C12H15Cl2/c13-9-1-3-11-5-7-12(8-6-11)4-2-10-14/h5-7H,1-4,9-10H2. The highest BCUT2D eigenvalue weighted by molar-refractivity contribution is 6.18. The van der Waals surface area contributed by atoms with Gasteiger partial charge in [0, 0.05) is 11.8 Å². The molecule has 0 aliphatic rings. The van der Waals surface area contributed by atoms with Gasteiger partial charge in [-0.25, -0.2) is 0 Å². The second kappa shape index (κ2) is 7.14. The van der Waals surface area contributed by atoms with E-state index in [-0.39, 0.29) is 0 Å². The van der Waals surface area contributed by atoms with Gasteiger partial charge in [0.1, 0.15) is 0 Å². The van der Waals surface area contributed by atoms with Crippen LogP contribution in [0.25, 0.3) is 0 Å². The first-order valence-electron chi connectivity index (χ1n) is 4.98. The Hall–Kier alpha value is -0.200. The van der Waals surface area contributed by atoms with Crippen molar-refractivity contribution < 1.29 is 0 Å². The highest BCUT2D eigenvalue weighted by atomic mass is 35.5. The van der Waals surface area contributed by atoms with Gasteiger partial charge in [-0.05, 0) is 42.9 Å². The molecule has 0 saturated heterocycles. The number of hydrogen-bond acceptors (Lipinski definition) is 0. The van der Waals surface area contributed by atoms with Crippen LogP contribution in [0.2, 0.25) is 0 Å². The van der Waals surface area contributed by atoms with E-state index in [1.54, 1.807) is 0 Å². The molecule has 0 atom stereocenters. The molecule has 0 fully saturated rings. The molecule has 0 nitrogen and oxygen atoms in total. The summed E-state index contributed by atoms with van der Waals surface area (Å²) in [7, 11) is 0. The topological polar surface area (TPSA) is 0 Å². The normalized spacial score (nSPS) is 10.4. The third-order valence-electron chi connectivity index (χ3n) is 2.12. The second-order valence-electron chi connectivity index (χ2n) is 3.31. The van der Waals surface area contributed by atoms with E-state index in [0.717, 1.165) is 37.4 Å². The fraction of sp³-hybridized carbons (Fsp3) is 0.500. The van der Waals surface area contributed by atoms with Gasteiger partial charge in [-0.15, -0.1) is 23.2 Å². The SMILES string of the molecule is ClCCCc1[c]cc(CCCCl)cc1. The molecule has 1 aromatic rings. The summed E-state index contributed by atoms with van der Waals surface area (Å²) < 4.78 is 0. The number of benzene rings is 1. The lowest BCUT2D eigenvalue weighted by atomic mass is 10.1. The lowest BCUT2D eigenvalue weighted by molar-refractivity contribution is 0.909. The summed E-state index contributed by atoms with van der Waals surface area (Å²) in [5, 5.41) is 0. The quantitative estimate of drug-likeness (QED) is 0.651. The van der Waals surface area contributed by atoms with Crippen LogP contribution in [0.1, 0.15) is 24.0 Å². The van der Waals surface area contributed by atoms with Crippen LogP contribution in [0.4, 0.5) is 0 Å². The van der Waals surface area contributed by atoms with Gasteiger partial charge >= 0.3 is 0 Å². The van der Waals surface area contributed by atoms with E-state index in [9.17, 15) is 0 Å². The molecule has 0 aliphatic heterocycles. The minimum absolute atomic E-state index is 0.724. The molecule has 0 aromatic heterocycles. The first-order chi connectivity index (χ1) is 6.86. The smallest absolute Gasteiger partial charge is 0.0226 e. The maximum Gasteiger partial charge on any atom is 0.0226 e. The molecular formula is C12H15Cl2. The molecule has 1 aromatic carbocycles. The Morgan fingerprint density at radius 3 is 2.29 bits per heavy atom. The van der Waals surface area contributed by atoms with E-state index in [2.05, 4.69) is 24.3 Å². The van der Waals surface area contributed by atoms with Crippen molar-refractivity contribution in [2.75, 3.05) is 11.8 Å². The fourth-order valence-corrected chi connectivity index (χ4v) is 1.60. The monoisotopic (exact) mass is 229 g/mol. The van der Waals surface area contributed by atoms with Crippen LogP contribution in [0, 0.1) is 6.07 Å². The van der Waals surface area contributed by atoms with Gasteiger partial charge in [-0.2, -0.15) is 0 Å². The average Bonchev–Trinajstić information content (AvgIpc) is 2.25. The van der Waals surface area contributed by atoms with Gasteiger partial charge < -0.3 is 0 Å². The zero-order chi connectivity index (χ0) is 10.2. The molecule has 0 amide bonds. The first-order valence-corrected chi connectivity index (χ1v) is 6.05. The van der Waals surface area contributed by atoms with Crippen molar-refractivity contribution in [1.29, 1.82) is 0 Å². The highest BCUT2D eigenvalue weighted by Gasteiger charge is 1.95. The lowest BCUT2D eigenvalue weighted by Gasteiger charge is -2.01. The van der Waals surface area contributed by atoms with Crippen LogP contribution in [0.3, 0.4) is 0 Å². The number of halogens is 2. The molecular weight excluding hydrogens is 215 g/mol. The summed E-state index contributed by atoms with van der Waals surface area (Å²) in [6.45, 7) is 0. The van der Waals surface area contributed by atoms with E-state index in [4.69, 9.17) is 23.2 Å². The zero-order valence-corrected chi connectivity index (χ0v) is 9.74. The van der Waals surface area contributed by atoms with Crippen LogP contribution in [0.15, 0.2) is 18.2 Å². The Labute approximate surface area is 96.2 Å². The molecule has 1 radical (unpaired) electrons. The van der Waals surface area contributed by atoms with Gasteiger partial charge in [0.2, 0.25) is 0 Å². The Morgan fingerprint density at radius 2 is 1.71 bits per heavy atom. The third-order valence-corrected chi connectivity index (χ3v) is 2.65. The number of aryl methyl sites for hydroxylation is 2. The lowest BCUT2D eigenvalue weighted by Crippen LogP contribution is -1.90. The molecule has 0 spiro atoms. The average molecular weight is 230 g/mol. The van der Waals surface area contributed by atoms with Crippen molar-refractivity contribution in [2.24, 2.45) is 0 Å². The fourth-order valence-electron chi connectivity index (χ4n) is 1.33. The van der Waals surface area contributed by atoms with E-state index < -0.39 is 0 Å². The van der Waals surface area contributed by atoms with Crippen LogP contribution in [-0.2, 0) is 12.8 Å². The number of alkyl halides is 2. The molecule has 2 heteroatoms. The predicted molar refractivity (Wildman–Crippen MR) is 63.4 cm³/mol. The number of hydrogen-bond donors (Lipinski definition) is 0. The highest BCUT2D eigenvalue weighted by Crippen LogP contribution is 2.08. The van der Waals surface area contributed by atoms with E-state index in [1.807, 2.05) is 0 Å². The van der Waals surface area contributed by atoms with Crippen molar-refractivity contribution in [1.82, 2.24) is 0 Å². The van der Waals surface area contributed by atoms with Crippen molar-refractivity contribution in [3.8, 4) is 0 Å². The zero-order valence-electron chi connectivity index (χ0n) is 8.23. The summed E-state index contributed by atoms with van der Waals surface area (Å²) in [4.78, 5) is 0. The predicted octanol–water partition coefficient (Wildman–Crippen LogP) is 3.83. The largest absolute Gasteiger partial charge is 0.127 e. The van der Waals surface area contributed by atoms with Crippen molar-refractivity contribution in [3.05, 3.63) is 35.4 Å². The summed E-state index contributed by atoms with van der Waals surface area (Å²) in [6.07, 6.45) is 4.14. The Kier molecular flexibility index (Phi) is 6.05. The van der Waals surface area contributed by atoms with Gasteiger partial charge in [0.05, 0.1) is 0 Å². The Bertz CT molecular complexity index is 214. The summed E-state index contributed by atoms with van der Waals surface area (Å²) in [5.41, 5.74) is 2.57. The molecule has 77 valence electrons. The van der Waals surface area contributed by atoms with Crippen molar-refractivity contribution >= 4 is 23.2 Å². The Balaban J connectivity index is 2.42. The van der Waals surface area contributed by atoms with E-state index in [0.29, 0.717) is 0 Å². The van der Waals surface area contributed by atoms with Crippen LogP contribution >= 0.6 is 23.2 Å². The maximum atomic E-state index is 5.63. The molecule has 0 aliphatic carbocycles. The molecule has 0 N–H and O–H groups in total. The summed E-state index contributed by atoms with van der Waals surface area (Å²) >= 11 is 11.2. The molecule has 0 heterocycles. The van der Waals surface area contributed by atoms with E-state index >= 15 is 0 Å². The third kappa shape index (κ3) is 4.34. The first kappa shape index (κ1) is 11.9. The van der Waals surface area contributed by atoms with Gasteiger partial charge in [-0.3, -0.25) is 0 Å². The van der Waals surface area contributed by atoms with Crippen LogP contribution in [-0.4, -0.2) is 11.8 Å². The van der Waals surface area contributed by atoms with Crippen LogP contribution in [0.5, 0.6) is 0 Å². The van der Waals surface area contributed by atoms with Crippen molar-refractivity contribution in [3.63, 3.8) is 0 Å². The van der Waals surface area contributed by atoms with Gasteiger partial charge in [-0.1, -0.05) is 18.2 Å².